The van der Waals surface area contributed by atoms with Gasteiger partial charge in [0.2, 0.25) is 0 Å². The van der Waals surface area contributed by atoms with Crippen LogP contribution in [0.1, 0.15) is 49.7 Å². The van der Waals surface area contributed by atoms with Crippen molar-refractivity contribution in [1.82, 2.24) is 0 Å². The number of ether oxygens (including phenoxy) is 2. The predicted octanol–water partition coefficient (Wildman–Crippen LogP) is 3.14. The highest BCUT2D eigenvalue weighted by atomic mass is 16.5. The van der Waals surface area contributed by atoms with Crippen molar-refractivity contribution in [3.05, 3.63) is 29.3 Å². The number of hydrogen-bond donors (Lipinski definition) is 1. The quantitative estimate of drug-likeness (QED) is 0.918. The first kappa shape index (κ1) is 13.9. The van der Waals surface area contributed by atoms with Crippen molar-refractivity contribution in [2.75, 3.05) is 13.7 Å². The average Bonchev–Trinajstić information content (AvgIpc) is 2.99. The maximum Gasteiger partial charge on any atom is 0.119 e. The van der Waals surface area contributed by atoms with E-state index in [1.807, 2.05) is 6.07 Å². The third kappa shape index (κ3) is 2.70. The van der Waals surface area contributed by atoms with Crippen LogP contribution in [0.3, 0.4) is 0 Å². The maximum absolute atomic E-state index is 6.76. The third-order valence-corrected chi connectivity index (χ3v) is 4.86. The van der Waals surface area contributed by atoms with Crippen LogP contribution in [0.25, 0.3) is 0 Å². The second-order valence-corrected chi connectivity index (χ2v) is 6.21. The van der Waals surface area contributed by atoms with E-state index in [4.69, 9.17) is 15.2 Å². The standard InChI is InChI=1S/C17H25NO2/c1-19-15-7-6-13-4-2-9-17(18,16(13)12-15)10-8-14-5-3-11-20-14/h6-7,12,14H,2-5,8-11,18H2,1H3. The first-order chi connectivity index (χ1) is 9.71. The molecule has 2 unspecified atom stereocenters. The van der Waals surface area contributed by atoms with Gasteiger partial charge >= 0.3 is 0 Å². The smallest absolute Gasteiger partial charge is 0.119 e. The fourth-order valence-corrected chi connectivity index (χ4v) is 3.64. The van der Waals surface area contributed by atoms with Crippen molar-refractivity contribution in [3.8, 4) is 5.75 Å². The van der Waals surface area contributed by atoms with Crippen LogP contribution in [-0.2, 0) is 16.7 Å². The van der Waals surface area contributed by atoms with Crippen molar-refractivity contribution < 1.29 is 9.47 Å². The summed E-state index contributed by atoms with van der Waals surface area (Å²) >= 11 is 0. The molecule has 0 amide bonds. The van der Waals surface area contributed by atoms with Gasteiger partial charge in [-0.15, -0.1) is 0 Å². The Kier molecular flexibility index (Phi) is 3.99. The fraction of sp³-hybridized carbons (Fsp3) is 0.647. The second-order valence-electron chi connectivity index (χ2n) is 6.21. The maximum atomic E-state index is 6.76. The van der Waals surface area contributed by atoms with Gasteiger partial charge in [-0.3, -0.25) is 0 Å². The summed E-state index contributed by atoms with van der Waals surface area (Å²) in [5.74, 6) is 0.914. The van der Waals surface area contributed by atoms with Crippen LogP contribution in [-0.4, -0.2) is 19.8 Å². The number of fused-ring (bicyclic) bond motifs is 1. The van der Waals surface area contributed by atoms with Gasteiger partial charge in [-0.25, -0.2) is 0 Å². The van der Waals surface area contributed by atoms with E-state index in [-0.39, 0.29) is 5.54 Å². The molecule has 2 N–H and O–H groups in total. The topological polar surface area (TPSA) is 44.5 Å². The summed E-state index contributed by atoms with van der Waals surface area (Å²) in [7, 11) is 1.72. The molecule has 0 spiro atoms. The Balaban J connectivity index is 1.79. The minimum Gasteiger partial charge on any atom is -0.497 e. The normalized spacial score (nSPS) is 29.2. The van der Waals surface area contributed by atoms with Crippen molar-refractivity contribution in [1.29, 1.82) is 0 Å². The minimum atomic E-state index is -0.200. The summed E-state index contributed by atoms with van der Waals surface area (Å²) in [6.07, 6.45) is 8.30. The minimum absolute atomic E-state index is 0.200. The van der Waals surface area contributed by atoms with Gasteiger partial charge < -0.3 is 15.2 Å². The fourth-order valence-electron chi connectivity index (χ4n) is 3.64. The van der Waals surface area contributed by atoms with Gasteiger partial charge in [0.25, 0.3) is 0 Å². The molecule has 1 aromatic carbocycles. The molecular formula is C17H25NO2. The van der Waals surface area contributed by atoms with Gasteiger partial charge in [0.15, 0.2) is 0 Å². The molecular weight excluding hydrogens is 250 g/mol. The summed E-state index contributed by atoms with van der Waals surface area (Å²) in [6, 6.07) is 6.37. The van der Waals surface area contributed by atoms with E-state index in [0.29, 0.717) is 6.10 Å². The molecule has 1 heterocycles. The lowest BCUT2D eigenvalue weighted by atomic mass is 9.74. The molecule has 1 aliphatic heterocycles. The van der Waals surface area contributed by atoms with Gasteiger partial charge in [0.1, 0.15) is 5.75 Å². The first-order valence-corrected chi connectivity index (χ1v) is 7.79. The molecule has 0 radical (unpaired) electrons. The molecule has 2 aliphatic rings. The molecule has 110 valence electrons. The molecule has 20 heavy (non-hydrogen) atoms. The highest BCUT2D eigenvalue weighted by Crippen LogP contribution is 2.39. The van der Waals surface area contributed by atoms with Crippen LogP contribution in [0.5, 0.6) is 5.75 Å². The van der Waals surface area contributed by atoms with Crippen LogP contribution in [0.2, 0.25) is 0 Å². The summed E-state index contributed by atoms with van der Waals surface area (Å²) in [5, 5.41) is 0. The number of benzene rings is 1. The van der Waals surface area contributed by atoms with Crippen molar-refractivity contribution >= 4 is 0 Å². The Labute approximate surface area is 121 Å². The van der Waals surface area contributed by atoms with Gasteiger partial charge in [-0.05, 0) is 68.2 Å². The monoisotopic (exact) mass is 275 g/mol. The molecule has 0 saturated carbocycles. The lowest BCUT2D eigenvalue weighted by Gasteiger charge is -2.36. The predicted molar refractivity (Wildman–Crippen MR) is 80.0 cm³/mol. The number of hydrogen-bond acceptors (Lipinski definition) is 3. The number of rotatable bonds is 4. The SMILES string of the molecule is COc1ccc2c(c1)C(N)(CCC1CCCO1)CCC2. The molecule has 3 heteroatoms. The summed E-state index contributed by atoms with van der Waals surface area (Å²) in [5.41, 5.74) is 9.25. The molecule has 1 aromatic rings. The average molecular weight is 275 g/mol. The van der Waals surface area contributed by atoms with E-state index in [0.717, 1.165) is 38.0 Å². The molecule has 0 bridgehead atoms. The number of methoxy groups -OCH3 is 1. The highest BCUT2D eigenvalue weighted by Gasteiger charge is 2.33. The Hall–Kier alpha value is -1.06. The molecule has 1 aliphatic carbocycles. The van der Waals surface area contributed by atoms with E-state index >= 15 is 0 Å². The van der Waals surface area contributed by atoms with E-state index in [2.05, 4.69) is 12.1 Å². The number of aryl methyl sites for hydroxylation is 1. The van der Waals surface area contributed by atoms with Gasteiger partial charge in [0.05, 0.1) is 13.2 Å². The zero-order valence-electron chi connectivity index (χ0n) is 12.4. The lowest BCUT2D eigenvalue weighted by molar-refractivity contribution is 0.0942. The molecule has 1 saturated heterocycles. The molecule has 2 atom stereocenters. The van der Waals surface area contributed by atoms with Crippen LogP contribution < -0.4 is 10.5 Å². The van der Waals surface area contributed by atoms with Crippen LogP contribution >= 0.6 is 0 Å². The van der Waals surface area contributed by atoms with E-state index in [1.54, 1.807) is 7.11 Å². The Bertz CT molecular complexity index is 468. The first-order valence-electron chi connectivity index (χ1n) is 7.79. The zero-order chi connectivity index (χ0) is 14.0. The molecule has 1 fully saturated rings. The van der Waals surface area contributed by atoms with E-state index < -0.39 is 0 Å². The van der Waals surface area contributed by atoms with Crippen LogP contribution in [0.4, 0.5) is 0 Å². The van der Waals surface area contributed by atoms with Crippen molar-refractivity contribution in [2.24, 2.45) is 5.73 Å². The zero-order valence-corrected chi connectivity index (χ0v) is 12.4. The van der Waals surface area contributed by atoms with Crippen LogP contribution in [0.15, 0.2) is 18.2 Å². The second kappa shape index (κ2) is 5.74. The van der Waals surface area contributed by atoms with Gasteiger partial charge in [-0.1, -0.05) is 6.07 Å². The molecule has 0 aromatic heterocycles. The van der Waals surface area contributed by atoms with Crippen molar-refractivity contribution in [2.45, 2.75) is 56.6 Å². The van der Waals surface area contributed by atoms with Gasteiger partial charge in [0, 0.05) is 12.1 Å². The Morgan fingerprint density at radius 3 is 3.05 bits per heavy atom. The summed E-state index contributed by atoms with van der Waals surface area (Å²) < 4.78 is 11.1. The molecule has 3 rings (SSSR count). The highest BCUT2D eigenvalue weighted by molar-refractivity contribution is 5.41. The van der Waals surface area contributed by atoms with Gasteiger partial charge in [-0.2, -0.15) is 0 Å². The lowest BCUT2D eigenvalue weighted by Crippen LogP contribution is -2.40. The van der Waals surface area contributed by atoms with Crippen molar-refractivity contribution in [3.63, 3.8) is 0 Å². The summed E-state index contributed by atoms with van der Waals surface area (Å²) in [4.78, 5) is 0. The van der Waals surface area contributed by atoms with E-state index in [1.165, 1.54) is 30.4 Å². The number of nitrogens with two attached hydrogens (primary N) is 1. The third-order valence-electron chi connectivity index (χ3n) is 4.86. The van der Waals surface area contributed by atoms with Crippen LogP contribution in [0, 0.1) is 0 Å². The summed E-state index contributed by atoms with van der Waals surface area (Å²) in [6.45, 7) is 0.923. The largest absolute Gasteiger partial charge is 0.497 e. The molecule has 3 nitrogen and oxygen atoms in total. The Morgan fingerprint density at radius 1 is 1.40 bits per heavy atom. The Morgan fingerprint density at radius 2 is 2.30 bits per heavy atom. The van der Waals surface area contributed by atoms with E-state index in [9.17, 15) is 0 Å².